The van der Waals surface area contributed by atoms with Crippen molar-refractivity contribution in [2.45, 2.75) is 45.8 Å². The van der Waals surface area contributed by atoms with Crippen molar-refractivity contribution < 1.29 is 14.8 Å². The molecule has 1 aromatic carbocycles. The first kappa shape index (κ1) is 18.9. The summed E-state index contributed by atoms with van der Waals surface area (Å²) in [4.78, 5) is 0. The molecule has 1 aromatic rings. The number of hydrogen-bond donors (Lipinski definition) is 4. The Balaban J connectivity index is 2.72. The first-order valence-electron chi connectivity index (χ1n) is 7.30. The van der Waals surface area contributed by atoms with Crippen molar-refractivity contribution in [2.75, 3.05) is 11.9 Å². The second-order valence-corrected chi connectivity index (χ2v) is 6.55. The van der Waals surface area contributed by atoms with E-state index in [9.17, 15) is 10.1 Å². The van der Waals surface area contributed by atoms with Gasteiger partial charge in [0.1, 0.15) is 0 Å². The maximum atomic E-state index is 10.2. The molecule has 4 N–H and O–H groups in total. The lowest BCUT2D eigenvalue weighted by Gasteiger charge is -2.38. The molecule has 1 rings (SSSR count). The van der Waals surface area contributed by atoms with Crippen molar-refractivity contribution in [3.8, 4) is 0 Å². The van der Waals surface area contributed by atoms with E-state index in [0.717, 1.165) is 12.2 Å². The molecule has 7 heteroatoms. The maximum absolute atomic E-state index is 10.2. The Morgan fingerprint density at radius 1 is 1.23 bits per heavy atom. The zero-order valence-electron chi connectivity index (χ0n) is 13.8. The topological polar surface area (TPSA) is 73.8 Å². The minimum atomic E-state index is -1.11. The highest BCUT2D eigenvalue weighted by molar-refractivity contribution is 7.80. The molecular formula is C15H25BN2O3S. The molecule has 22 heavy (non-hydrogen) atoms. The van der Waals surface area contributed by atoms with E-state index in [1.54, 1.807) is 39.8 Å². The summed E-state index contributed by atoms with van der Waals surface area (Å²) in [7, 11) is -1.11. The molecule has 0 radical (unpaired) electrons. The first-order valence-corrected chi connectivity index (χ1v) is 7.70. The van der Waals surface area contributed by atoms with Crippen LogP contribution in [-0.4, -0.2) is 40.1 Å². The van der Waals surface area contributed by atoms with Crippen LogP contribution in [0.15, 0.2) is 24.3 Å². The number of nitrogens with one attached hydrogen (secondary N) is 2. The van der Waals surface area contributed by atoms with Crippen molar-refractivity contribution >= 4 is 35.6 Å². The van der Waals surface area contributed by atoms with Crippen molar-refractivity contribution in [1.29, 1.82) is 0 Å². The SMILES string of the molecule is CCNC(=S)Nc1ccc(B(O)OC(C)(C)C(C)(C)O)cc1. The van der Waals surface area contributed by atoms with Crippen LogP contribution in [0.3, 0.4) is 0 Å². The molecule has 0 amide bonds. The van der Waals surface area contributed by atoms with E-state index in [2.05, 4.69) is 10.6 Å². The molecule has 0 aromatic heterocycles. The monoisotopic (exact) mass is 324 g/mol. The Hall–Kier alpha value is -1.15. The highest BCUT2D eigenvalue weighted by atomic mass is 32.1. The van der Waals surface area contributed by atoms with Crippen LogP contribution in [0.25, 0.3) is 0 Å². The van der Waals surface area contributed by atoms with Crippen LogP contribution in [-0.2, 0) is 4.65 Å². The van der Waals surface area contributed by atoms with Crippen LogP contribution in [0.5, 0.6) is 0 Å². The van der Waals surface area contributed by atoms with Gasteiger partial charge in [0.05, 0.1) is 11.2 Å². The molecule has 122 valence electrons. The molecule has 0 aliphatic heterocycles. The molecule has 0 aliphatic rings. The maximum Gasteiger partial charge on any atom is 0.491 e. The van der Waals surface area contributed by atoms with Gasteiger partial charge in [-0.05, 0) is 64.4 Å². The number of benzene rings is 1. The van der Waals surface area contributed by atoms with Gasteiger partial charge in [-0.1, -0.05) is 12.1 Å². The summed E-state index contributed by atoms with van der Waals surface area (Å²) in [6.45, 7) is 9.49. The second kappa shape index (κ2) is 7.41. The van der Waals surface area contributed by atoms with Gasteiger partial charge in [0.15, 0.2) is 5.11 Å². The Labute approximate surface area is 138 Å². The molecule has 0 heterocycles. The van der Waals surface area contributed by atoms with Crippen molar-refractivity contribution in [1.82, 2.24) is 5.32 Å². The lowest BCUT2D eigenvalue weighted by molar-refractivity contribution is -0.0982. The fourth-order valence-electron chi connectivity index (χ4n) is 1.56. The van der Waals surface area contributed by atoms with Gasteiger partial charge < -0.3 is 25.4 Å². The largest absolute Gasteiger partial charge is 0.491 e. The fraction of sp³-hybridized carbons (Fsp3) is 0.533. The van der Waals surface area contributed by atoms with Gasteiger partial charge >= 0.3 is 7.12 Å². The minimum Gasteiger partial charge on any atom is -0.423 e. The summed E-state index contributed by atoms with van der Waals surface area (Å²) >= 11 is 5.11. The summed E-state index contributed by atoms with van der Waals surface area (Å²) in [5.74, 6) is 0. The highest BCUT2D eigenvalue weighted by Crippen LogP contribution is 2.25. The average molecular weight is 324 g/mol. The number of hydrogen-bond acceptors (Lipinski definition) is 4. The average Bonchev–Trinajstić information content (AvgIpc) is 2.37. The molecule has 0 saturated heterocycles. The van der Waals surface area contributed by atoms with E-state index in [1.165, 1.54) is 0 Å². The van der Waals surface area contributed by atoms with Crippen LogP contribution in [0.1, 0.15) is 34.6 Å². The van der Waals surface area contributed by atoms with Gasteiger partial charge in [-0.15, -0.1) is 0 Å². The third-order valence-electron chi connectivity index (χ3n) is 3.67. The molecule has 0 spiro atoms. The van der Waals surface area contributed by atoms with Gasteiger partial charge in [-0.3, -0.25) is 0 Å². The van der Waals surface area contributed by atoms with Gasteiger partial charge in [-0.2, -0.15) is 0 Å². The van der Waals surface area contributed by atoms with E-state index in [0.29, 0.717) is 10.6 Å². The lowest BCUT2D eigenvalue weighted by atomic mass is 9.76. The van der Waals surface area contributed by atoms with Crippen LogP contribution in [0.4, 0.5) is 5.69 Å². The number of aliphatic hydroxyl groups is 1. The second-order valence-electron chi connectivity index (χ2n) is 6.15. The van der Waals surface area contributed by atoms with Crippen LogP contribution >= 0.6 is 12.2 Å². The van der Waals surface area contributed by atoms with Crippen molar-refractivity contribution in [3.05, 3.63) is 24.3 Å². The Morgan fingerprint density at radius 3 is 2.23 bits per heavy atom. The van der Waals surface area contributed by atoms with E-state index in [4.69, 9.17) is 16.9 Å². The normalized spacial score (nSPS) is 12.0. The van der Waals surface area contributed by atoms with E-state index >= 15 is 0 Å². The Morgan fingerprint density at radius 2 is 1.77 bits per heavy atom. The lowest BCUT2D eigenvalue weighted by Crippen LogP contribution is -2.53. The van der Waals surface area contributed by atoms with Crippen molar-refractivity contribution in [3.63, 3.8) is 0 Å². The van der Waals surface area contributed by atoms with Gasteiger partial charge in [0, 0.05) is 12.2 Å². The summed E-state index contributed by atoms with van der Waals surface area (Å²) in [5, 5.41) is 26.8. The highest BCUT2D eigenvalue weighted by Gasteiger charge is 2.39. The molecular weight excluding hydrogens is 299 g/mol. The molecule has 0 aliphatic carbocycles. The number of anilines is 1. The van der Waals surface area contributed by atoms with Crippen LogP contribution in [0, 0.1) is 0 Å². The predicted molar refractivity (Wildman–Crippen MR) is 95.4 cm³/mol. The minimum absolute atomic E-state index is 0.551. The van der Waals surface area contributed by atoms with E-state index < -0.39 is 18.3 Å². The van der Waals surface area contributed by atoms with Crippen LogP contribution in [0.2, 0.25) is 0 Å². The zero-order valence-corrected chi connectivity index (χ0v) is 14.6. The van der Waals surface area contributed by atoms with Crippen LogP contribution < -0.4 is 16.1 Å². The molecule has 0 saturated carbocycles. The summed E-state index contributed by atoms with van der Waals surface area (Å²) in [5.41, 5.74) is -0.537. The predicted octanol–water partition coefficient (Wildman–Crippen LogP) is 1.25. The smallest absolute Gasteiger partial charge is 0.423 e. The molecule has 0 atom stereocenters. The first-order chi connectivity index (χ1) is 10.1. The standard InChI is InChI=1S/C15H25BN2O3S/c1-6-17-13(22)18-12-9-7-11(8-10-12)16(20)21-15(4,5)14(2,3)19/h7-10,19-20H,6H2,1-5H3,(H2,17,18,22). The van der Waals surface area contributed by atoms with Gasteiger partial charge in [0.2, 0.25) is 0 Å². The quantitative estimate of drug-likeness (QED) is 0.466. The summed E-state index contributed by atoms with van der Waals surface area (Å²) in [6, 6.07) is 7.12. The third kappa shape index (κ3) is 5.24. The summed E-state index contributed by atoms with van der Waals surface area (Å²) < 4.78 is 5.59. The molecule has 0 bridgehead atoms. The third-order valence-corrected chi connectivity index (χ3v) is 3.92. The molecule has 5 nitrogen and oxygen atoms in total. The van der Waals surface area contributed by atoms with E-state index in [1.807, 2.05) is 19.1 Å². The van der Waals surface area contributed by atoms with Gasteiger partial charge in [0.25, 0.3) is 0 Å². The summed E-state index contributed by atoms with van der Waals surface area (Å²) in [6.07, 6.45) is 0. The Bertz CT molecular complexity index is 501. The number of rotatable bonds is 6. The van der Waals surface area contributed by atoms with Crippen molar-refractivity contribution in [2.24, 2.45) is 0 Å². The zero-order chi connectivity index (χ0) is 17.0. The fourth-order valence-corrected chi connectivity index (χ4v) is 1.82. The molecule has 0 fully saturated rings. The Kier molecular flexibility index (Phi) is 6.37. The van der Waals surface area contributed by atoms with E-state index in [-0.39, 0.29) is 0 Å². The molecule has 0 unspecified atom stereocenters. The number of thiocarbonyl (C=S) groups is 1. The van der Waals surface area contributed by atoms with Gasteiger partial charge in [-0.25, -0.2) is 0 Å².